The van der Waals surface area contributed by atoms with Crippen molar-refractivity contribution in [1.82, 2.24) is 0 Å². The average molecular weight is 328 g/mol. The highest BCUT2D eigenvalue weighted by Gasteiger charge is 2.17. The second-order valence-electron chi connectivity index (χ2n) is 4.34. The summed E-state index contributed by atoms with van der Waals surface area (Å²) in [6.07, 6.45) is 0. The van der Waals surface area contributed by atoms with Gasteiger partial charge in [0.05, 0.1) is 4.83 Å². The molecule has 0 amide bonds. The molecule has 0 spiro atoms. The third kappa shape index (κ3) is 2.60. The summed E-state index contributed by atoms with van der Waals surface area (Å²) in [6.45, 7) is 4.04. The lowest BCUT2D eigenvalue weighted by molar-refractivity contribution is 0.613. The molecule has 2 rings (SSSR count). The van der Waals surface area contributed by atoms with E-state index < -0.39 is 0 Å². The Morgan fingerprint density at radius 2 is 1.67 bits per heavy atom. The molecule has 0 radical (unpaired) electrons. The summed E-state index contributed by atoms with van der Waals surface area (Å²) in [6, 6.07) is 10.6. The fourth-order valence-electron chi connectivity index (χ4n) is 1.85. The van der Waals surface area contributed by atoms with Crippen molar-refractivity contribution in [2.75, 3.05) is 0 Å². The average Bonchev–Trinajstić information content (AvgIpc) is 2.33. The first-order chi connectivity index (χ1) is 8.50. The fourth-order valence-corrected chi connectivity index (χ4v) is 3.05. The van der Waals surface area contributed by atoms with E-state index in [1.165, 1.54) is 6.07 Å². The van der Waals surface area contributed by atoms with Crippen molar-refractivity contribution >= 4 is 27.5 Å². The van der Waals surface area contributed by atoms with Gasteiger partial charge in [0.25, 0.3) is 0 Å². The van der Waals surface area contributed by atoms with E-state index in [0.717, 1.165) is 16.7 Å². The topological polar surface area (TPSA) is 0 Å². The minimum absolute atomic E-state index is 0.228. The Bertz CT molecular complexity index is 581. The highest BCUT2D eigenvalue weighted by molar-refractivity contribution is 9.09. The van der Waals surface area contributed by atoms with E-state index >= 15 is 0 Å². The summed E-state index contributed by atoms with van der Waals surface area (Å²) in [7, 11) is 0. The molecule has 18 heavy (non-hydrogen) atoms. The molecule has 0 heterocycles. The minimum atomic E-state index is -0.231. The normalized spacial score (nSPS) is 12.5. The van der Waals surface area contributed by atoms with Gasteiger partial charge in [-0.05, 0) is 42.7 Å². The number of hydrogen-bond donors (Lipinski definition) is 0. The van der Waals surface area contributed by atoms with Gasteiger partial charge < -0.3 is 0 Å². The third-order valence-electron chi connectivity index (χ3n) is 3.06. The van der Waals surface area contributed by atoms with Crippen LogP contribution >= 0.6 is 27.5 Å². The van der Waals surface area contributed by atoms with Crippen molar-refractivity contribution in [2.45, 2.75) is 18.7 Å². The first-order valence-corrected chi connectivity index (χ1v) is 6.95. The lowest BCUT2D eigenvalue weighted by Crippen LogP contribution is -1.98. The third-order valence-corrected chi connectivity index (χ3v) is 4.38. The van der Waals surface area contributed by atoms with Crippen LogP contribution in [0.15, 0.2) is 36.4 Å². The molecule has 0 bridgehead atoms. The predicted octanol–water partition coefficient (Wildman–Crippen LogP) is 5.58. The van der Waals surface area contributed by atoms with Gasteiger partial charge in [0.15, 0.2) is 0 Å². The second kappa shape index (κ2) is 5.41. The van der Waals surface area contributed by atoms with Crippen molar-refractivity contribution in [3.8, 4) is 0 Å². The van der Waals surface area contributed by atoms with E-state index in [-0.39, 0.29) is 10.6 Å². The Hall–Kier alpha value is -0.860. The number of alkyl halides is 1. The van der Waals surface area contributed by atoms with Crippen LogP contribution in [0.2, 0.25) is 5.02 Å². The van der Waals surface area contributed by atoms with E-state index in [2.05, 4.69) is 15.9 Å². The van der Waals surface area contributed by atoms with Crippen LogP contribution in [0.5, 0.6) is 0 Å². The molecule has 0 aromatic heterocycles. The summed E-state index contributed by atoms with van der Waals surface area (Å²) in [5, 5.41) is 0.656. The number of aryl methyl sites for hydroxylation is 2. The molecular weight excluding hydrogens is 315 g/mol. The van der Waals surface area contributed by atoms with Crippen LogP contribution < -0.4 is 0 Å². The maximum absolute atomic E-state index is 13.8. The van der Waals surface area contributed by atoms with Gasteiger partial charge in [-0.25, -0.2) is 4.39 Å². The highest BCUT2D eigenvalue weighted by atomic mass is 79.9. The molecule has 0 N–H and O–H groups in total. The van der Waals surface area contributed by atoms with Gasteiger partial charge in [0.2, 0.25) is 0 Å². The van der Waals surface area contributed by atoms with Crippen molar-refractivity contribution in [3.63, 3.8) is 0 Å². The maximum Gasteiger partial charge on any atom is 0.127 e. The van der Waals surface area contributed by atoms with Crippen LogP contribution in [0.25, 0.3) is 0 Å². The fraction of sp³-hybridized carbons (Fsp3) is 0.200. The number of rotatable bonds is 2. The molecule has 2 aromatic rings. The van der Waals surface area contributed by atoms with E-state index in [4.69, 9.17) is 11.6 Å². The Balaban J connectivity index is 2.50. The van der Waals surface area contributed by atoms with Crippen LogP contribution in [0.3, 0.4) is 0 Å². The van der Waals surface area contributed by atoms with Gasteiger partial charge in [0.1, 0.15) is 5.82 Å². The quantitative estimate of drug-likeness (QED) is 0.632. The molecule has 0 nitrogen and oxygen atoms in total. The Kier molecular flexibility index (Phi) is 4.08. The first kappa shape index (κ1) is 13.6. The summed E-state index contributed by atoms with van der Waals surface area (Å²) in [5.41, 5.74) is 3.78. The summed E-state index contributed by atoms with van der Waals surface area (Å²) >= 11 is 9.78. The van der Waals surface area contributed by atoms with Gasteiger partial charge in [-0.15, -0.1) is 0 Å². The molecule has 0 saturated heterocycles. The second-order valence-corrected chi connectivity index (χ2v) is 5.66. The van der Waals surface area contributed by atoms with Gasteiger partial charge >= 0.3 is 0 Å². The summed E-state index contributed by atoms with van der Waals surface area (Å²) in [5.74, 6) is -0.228. The zero-order valence-electron chi connectivity index (χ0n) is 10.2. The smallest absolute Gasteiger partial charge is 0.127 e. The van der Waals surface area contributed by atoms with E-state index in [1.54, 1.807) is 12.1 Å². The molecule has 2 aromatic carbocycles. The number of halogens is 3. The van der Waals surface area contributed by atoms with Gasteiger partial charge in [0, 0.05) is 10.6 Å². The Labute approximate surface area is 120 Å². The van der Waals surface area contributed by atoms with Crippen LogP contribution in [-0.2, 0) is 0 Å². The Morgan fingerprint density at radius 1 is 1.06 bits per heavy atom. The van der Waals surface area contributed by atoms with Gasteiger partial charge in [-0.3, -0.25) is 0 Å². The van der Waals surface area contributed by atoms with Crippen molar-refractivity contribution < 1.29 is 4.39 Å². The molecule has 0 aliphatic heterocycles. The number of benzene rings is 2. The molecule has 0 aliphatic carbocycles. The standard InChI is InChI=1S/C15H13BrClF/c1-9-7-12(13(17)8-10(9)2)15(16)11-5-3-4-6-14(11)18/h3-8,15H,1-2H3. The van der Waals surface area contributed by atoms with E-state index in [0.29, 0.717) is 10.6 Å². The van der Waals surface area contributed by atoms with E-state index in [9.17, 15) is 4.39 Å². The zero-order chi connectivity index (χ0) is 13.3. The molecule has 3 heteroatoms. The number of hydrogen-bond acceptors (Lipinski definition) is 0. The van der Waals surface area contributed by atoms with Crippen LogP contribution in [-0.4, -0.2) is 0 Å². The van der Waals surface area contributed by atoms with Gasteiger partial charge in [-0.1, -0.05) is 51.8 Å². The van der Waals surface area contributed by atoms with Crippen LogP contribution in [0.4, 0.5) is 4.39 Å². The SMILES string of the molecule is Cc1cc(Cl)c(C(Br)c2ccccc2F)cc1C. The minimum Gasteiger partial charge on any atom is -0.207 e. The lowest BCUT2D eigenvalue weighted by atomic mass is 10.00. The molecule has 0 fully saturated rings. The molecule has 0 aliphatic rings. The molecule has 0 saturated carbocycles. The van der Waals surface area contributed by atoms with E-state index in [1.807, 2.05) is 32.0 Å². The monoisotopic (exact) mass is 326 g/mol. The molecular formula is C15H13BrClF. The predicted molar refractivity (Wildman–Crippen MR) is 78.1 cm³/mol. The molecule has 1 atom stereocenters. The summed E-state index contributed by atoms with van der Waals surface area (Å²) in [4.78, 5) is -0.231. The largest absolute Gasteiger partial charge is 0.207 e. The molecule has 1 unspecified atom stereocenters. The van der Waals surface area contributed by atoms with Crippen molar-refractivity contribution in [2.24, 2.45) is 0 Å². The first-order valence-electron chi connectivity index (χ1n) is 5.66. The maximum atomic E-state index is 13.8. The Morgan fingerprint density at radius 3 is 2.33 bits per heavy atom. The summed E-state index contributed by atoms with van der Waals surface area (Å²) < 4.78 is 13.8. The zero-order valence-corrected chi connectivity index (χ0v) is 12.5. The highest BCUT2D eigenvalue weighted by Crippen LogP contribution is 2.37. The van der Waals surface area contributed by atoms with Crippen molar-refractivity contribution in [1.29, 1.82) is 0 Å². The van der Waals surface area contributed by atoms with Gasteiger partial charge in [-0.2, -0.15) is 0 Å². The molecule has 94 valence electrons. The van der Waals surface area contributed by atoms with Crippen molar-refractivity contribution in [3.05, 3.63) is 69.5 Å². The van der Waals surface area contributed by atoms with Crippen LogP contribution in [0.1, 0.15) is 27.1 Å². The van der Waals surface area contributed by atoms with Crippen LogP contribution in [0, 0.1) is 19.7 Å². The lowest BCUT2D eigenvalue weighted by Gasteiger charge is -2.15.